The lowest BCUT2D eigenvalue weighted by Crippen LogP contribution is -2.26. The van der Waals surface area contributed by atoms with Crippen LogP contribution in [-0.2, 0) is 0 Å². The number of nitrogens with two attached hydrogens (primary N) is 1. The van der Waals surface area contributed by atoms with E-state index in [4.69, 9.17) is 5.73 Å². The van der Waals surface area contributed by atoms with Gasteiger partial charge in [-0.25, -0.2) is 4.41 Å². The van der Waals surface area contributed by atoms with Gasteiger partial charge in [0, 0.05) is 35.9 Å². The number of hydrogen-bond donors (Lipinski definition) is 2. The number of amides is 1. The average Bonchev–Trinajstić information content (AvgIpc) is 2.70. The van der Waals surface area contributed by atoms with Gasteiger partial charge in [-0.2, -0.15) is 0 Å². The largest absolute Gasteiger partial charge is 0.365 e. The Morgan fingerprint density at radius 2 is 2.50 bits per heavy atom. The van der Waals surface area contributed by atoms with Gasteiger partial charge in [0.05, 0.1) is 11.3 Å². The second-order valence-electron chi connectivity index (χ2n) is 2.59. The number of anilines is 1. The third kappa shape index (κ3) is 1.51. The topological polar surface area (TPSA) is 71.2 Å². The van der Waals surface area contributed by atoms with Crippen molar-refractivity contribution in [1.82, 2.24) is 10.4 Å². The molecule has 1 amide bonds. The summed E-state index contributed by atoms with van der Waals surface area (Å²) in [6.07, 6.45) is 4.84. The van der Waals surface area contributed by atoms with Crippen LogP contribution in [-0.4, -0.2) is 10.9 Å². The van der Waals surface area contributed by atoms with E-state index in [1.165, 1.54) is 18.1 Å². The number of carbonyl (C=O) groups is 1. The highest BCUT2D eigenvalue weighted by molar-refractivity contribution is 8.03. The maximum Gasteiger partial charge on any atom is 0.252 e. The Hall–Kier alpha value is -1.69. The highest BCUT2D eigenvalue weighted by atomic mass is 32.2. The lowest BCUT2D eigenvalue weighted by Gasteiger charge is -2.18. The molecule has 1 aromatic rings. The molecule has 2 rings (SSSR count). The summed E-state index contributed by atoms with van der Waals surface area (Å²) in [5.74, 6) is -0.484. The molecule has 0 radical (unpaired) electrons. The maximum absolute atomic E-state index is 11.1. The first kappa shape index (κ1) is 8.89. The quantitative estimate of drug-likeness (QED) is 0.697. The van der Waals surface area contributed by atoms with E-state index >= 15 is 0 Å². The molecule has 0 bridgehead atoms. The summed E-state index contributed by atoms with van der Waals surface area (Å²) < 4.78 is 1.74. The lowest BCUT2D eigenvalue weighted by molar-refractivity contribution is 0.100. The zero-order valence-corrected chi connectivity index (χ0v) is 7.99. The minimum atomic E-state index is -0.484. The van der Waals surface area contributed by atoms with Crippen LogP contribution >= 0.6 is 11.9 Å². The molecular weight excluding hydrogens is 200 g/mol. The van der Waals surface area contributed by atoms with Crippen molar-refractivity contribution in [3.63, 3.8) is 0 Å². The highest BCUT2D eigenvalue weighted by Gasteiger charge is 2.15. The van der Waals surface area contributed by atoms with Crippen LogP contribution in [0, 0.1) is 0 Å². The van der Waals surface area contributed by atoms with Gasteiger partial charge in [0.2, 0.25) is 0 Å². The molecule has 0 spiro atoms. The molecule has 0 saturated heterocycles. The van der Waals surface area contributed by atoms with Gasteiger partial charge in [-0.15, -0.1) is 0 Å². The Morgan fingerprint density at radius 1 is 1.64 bits per heavy atom. The van der Waals surface area contributed by atoms with Crippen molar-refractivity contribution >= 4 is 23.5 Å². The second-order valence-corrected chi connectivity index (χ2v) is 3.44. The molecule has 5 nitrogen and oxygen atoms in total. The number of hydrogen-bond acceptors (Lipinski definition) is 5. The molecule has 14 heavy (non-hydrogen) atoms. The predicted octanol–water partition coefficient (Wildman–Crippen LogP) is 0.625. The molecule has 0 aliphatic carbocycles. The molecule has 1 aromatic heterocycles. The first-order valence-corrected chi connectivity index (χ1v) is 4.74. The van der Waals surface area contributed by atoms with Crippen LogP contribution in [0.25, 0.3) is 0 Å². The summed E-state index contributed by atoms with van der Waals surface area (Å²) in [7, 11) is 0. The fourth-order valence-corrected chi connectivity index (χ4v) is 1.74. The molecule has 0 unspecified atom stereocenters. The monoisotopic (exact) mass is 208 g/mol. The third-order valence-electron chi connectivity index (χ3n) is 1.71. The van der Waals surface area contributed by atoms with E-state index in [1.54, 1.807) is 22.9 Å². The van der Waals surface area contributed by atoms with Gasteiger partial charge < -0.3 is 5.73 Å². The summed E-state index contributed by atoms with van der Waals surface area (Å²) in [5.41, 5.74) is 9.28. The Labute approximate surface area is 85.1 Å². The number of pyridine rings is 1. The first-order chi connectivity index (χ1) is 6.79. The molecule has 0 aromatic carbocycles. The molecule has 0 atom stereocenters. The van der Waals surface area contributed by atoms with Crippen LogP contribution in [0.5, 0.6) is 0 Å². The molecule has 72 valence electrons. The summed E-state index contributed by atoms with van der Waals surface area (Å²) in [5, 5.41) is 1.87. The van der Waals surface area contributed by atoms with E-state index in [9.17, 15) is 4.79 Å². The fraction of sp³-hybridized carbons (Fsp3) is 0. The number of nitrogens with zero attached hydrogens (tertiary/aromatic N) is 2. The van der Waals surface area contributed by atoms with Crippen LogP contribution in [0.15, 0.2) is 30.1 Å². The number of nitrogens with one attached hydrogen (secondary N) is 1. The van der Waals surface area contributed by atoms with Gasteiger partial charge in [0.25, 0.3) is 5.91 Å². The van der Waals surface area contributed by atoms with E-state index in [-0.39, 0.29) is 0 Å². The fourth-order valence-electron chi connectivity index (χ4n) is 1.10. The van der Waals surface area contributed by atoms with Crippen molar-refractivity contribution in [1.29, 1.82) is 0 Å². The minimum absolute atomic E-state index is 0.399. The molecule has 6 heteroatoms. The van der Waals surface area contributed by atoms with Gasteiger partial charge >= 0.3 is 0 Å². The third-order valence-corrected chi connectivity index (χ3v) is 2.48. The van der Waals surface area contributed by atoms with Gasteiger partial charge in [-0.1, -0.05) is 0 Å². The number of carbonyl (C=O) groups excluding carboxylic acids is 1. The van der Waals surface area contributed by atoms with Crippen molar-refractivity contribution in [3.8, 4) is 0 Å². The summed E-state index contributed by atoms with van der Waals surface area (Å²) in [4.78, 5) is 14.9. The molecule has 0 saturated carbocycles. The molecule has 0 fully saturated rings. The highest BCUT2D eigenvalue weighted by Crippen LogP contribution is 2.26. The van der Waals surface area contributed by atoms with E-state index in [2.05, 4.69) is 10.4 Å². The predicted molar refractivity (Wildman–Crippen MR) is 55.1 cm³/mol. The minimum Gasteiger partial charge on any atom is -0.365 e. The molecule has 1 aliphatic heterocycles. The van der Waals surface area contributed by atoms with Crippen LogP contribution in [0.3, 0.4) is 0 Å². The Morgan fingerprint density at radius 3 is 3.14 bits per heavy atom. The standard InChI is InChI=1S/C8H8N4OS/c9-8(13)6-5-10-2-1-7(6)12-11-3-4-14-12/h1-5,11H,(H2,9,13). The van der Waals surface area contributed by atoms with Crippen molar-refractivity contribution in [3.05, 3.63) is 35.6 Å². The van der Waals surface area contributed by atoms with Crippen LogP contribution in [0.1, 0.15) is 10.4 Å². The summed E-state index contributed by atoms with van der Waals surface area (Å²) in [6, 6.07) is 1.73. The maximum atomic E-state index is 11.1. The van der Waals surface area contributed by atoms with Gasteiger partial charge in [-0.3, -0.25) is 15.2 Å². The number of primary amides is 1. The van der Waals surface area contributed by atoms with E-state index in [0.717, 1.165) is 0 Å². The van der Waals surface area contributed by atoms with Crippen molar-refractivity contribution in [2.75, 3.05) is 4.41 Å². The number of hydrazine groups is 1. The number of rotatable bonds is 2. The van der Waals surface area contributed by atoms with Gasteiger partial charge in [0.15, 0.2) is 0 Å². The van der Waals surface area contributed by atoms with Crippen LogP contribution < -0.4 is 15.6 Å². The lowest BCUT2D eigenvalue weighted by atomic mass is 10.2. The molecule has 1 aliphatic rings. The Bertz CT molecular complexity index is 385. The SMILES string of the molecule is NC(=O)c1cnccc1N1NC=CS1. The summed E-state index contributed by atoms with van der Waals surface area (Å²) in [6.45, 7) is 0. The van der Waals surface area contributed by atoms with Crippen molar-refractivity contribution < 1.29 is 4.79 Å². The molecular formula is C8H8N4OS. The summed E-state index contributed by atoms with van der Waals surface area (Å²) >= 11 is 1.43. The zero-order valence-electron chi connectivity index (χ0n) is 7.18. The Kier molecular flexibility index (Phi) is 2.28. The van der Waals surface area contributed by atoms with Gasteiger partial charge in [0.1, 0.15) is 0 Å². The first-order valence-electron chi connectivity index (χ1n) is 3.91. The molecule has 3 N–H and O–H groups in total. The Balaban J connectivity index is 2.36. The van der Waals surface area contributed by atoms with Crippen molar-refractivity contribution in [2.45, 2.75) is 0 Å². The van der Waals surface area contributed by atoms with E-state index in [0.29, 0.717) is 11.3 Å². The van der Waals surface area contributed by atoms with Crippen molar-refractivity contribution in [2.24, 2.45) is 5.73 Å². The zero-order chi connectivity index (χ0) is 9.97. The van der Waals surface area contributed by atoms with Crippen LogP contribution in [0.2, 0.25) is 0 Å². The second kappa shape index (κ2) is 3.59. The van der Waals surface area contributed by atoms with E-state index < -0.39 is 5.91 Å². The molecule has 2 heterocycles. The van der Waals surface area contributed by atoms with Crippen LogP contribution in [0.4, 0.5) is 5.69 Å². The average molecular weight is 208 g/mol. The van der Waals surface area contributed by atoms with E-state index in [1.807, 2.05) is 5.41 Å². The number of aromatic nitrogens is 1. The smallest absolute Gasteiger partial charge is 0.252 e. The van der Waals surface area contributed by atoms with Gasteiger partial charge in [-0.05, 0) is 6.07 Å². The normalized spacial score (nSPS) is 14.1.